The molecule has 35 heavy (non-hydrogen) atoms. The van der Waals surface area contributed by atoms with Crippen molar-refractivity contribution in [2.24, 2.45) is 0 Å². The van der Waals surface area contributed by atoms with Gasteiger partial charge in [0.25, 0.3) is 5.91 Å². The summed E-state index contributed by atoms with van der Waals surface area (Å²) in [6.45, 7) is 4.82. The van der Waals surface area contributed by atoms with E-state index in [4.69, 9.17) is 0 Å². The van der Waals surface area contributed by atoms with Crippen LogP contribution in [-0.2, 0) is 10.3 Å². The van der Waals surface area contributed by atoms with Gasteiger partial charge in [-0.3, -0.25) is 19.5 Å². The number of urea groups is 1. The van der Waals surface area contributed by atoms with Crippen molar-refractivity contribution in [2.45, 2.75) is 45.1 Å². The van der Waals surface area contributed by atoms with Crippen LogP contribution in [0.25, 0.3) is 0 Å². The zero-order valence-corrected chi connectivity index (χ0v) is 20.4. The van der Waals surface area contributed by atoms with Crippen LogP contribution < -0.4 is 9.80 Å². The molecule has 0 aliphatic carbocycles. The number of hydrogen-bond acceptors (Lipinski definition) is 2. The van der Waals surface area contributed by atoms with Gasteiger partial charge in [0.05, 0.1) is 11.4 Å². The molecule has 0 bridgehead atoms. The Balaban J connectivity index is 1.82. The van der Waals surface area contributed by atoms with Gasteiger partial charge in [-0.1, -0.05) is 87.4 Å². The van der Waals surface area contributed by atoms with E-state index < -0.39 is 5.54 Å². The van der Waals surface area contributed by atoms with E-state index >= 15 is 0 Å². The predicted molar refractivity (Wildman–Crippen MR) is 141 cm³/mol. The first-order valence-electron chi connectivity index (χ1n) is 12.5. The summed E-state index contributed by atoms with van der Waals surface area (Å²) >= 11 is 0. The lowest BCUT2D eigenvalue weighted by molar-refractivity contribution is -0.121. The minimum Gasteiger partial charge on any atom is -0.295 e. The lowest BCUT2D eigenvalue weighted by Crippen LogP contribution is -2.51. The van der Waals surface area contributed by atoms with Gasteiger partial charge in [-0.2, -0.15) is 0 Å². The average molecular weight is 466 g/mol. The highest BCUT2D eigenvalue weighted by atomic mass is 16.2. The predicted octanol–water partition coefficient (Wildman–Crippen LogP) is 6.99. The topological polar surface area (TPSA) is 43.9 Å². The number of carbonyl (C=O) groups excluding carboxylic acids is 2. The maximum atomic E-state index is 14.8. The number of fused-ring (bicyclic) bond motifs is 2. The van der Waals surface area contributed by atoms with E-state index in [0.29, 0.717) is 6.54 Å². The van der Waals surface area contributed by atoms with Crippen LogP contribution in [0, 0.1) is 0 Å². The molecule has 5 nitrogen and oxygen atoms in total. The highest BCUT2D eigenvalue weighted by molar-refractivity contribution is 6.22. The fraction of sp³-hybridized carbons (Fsp3) is 0.267. The molecule has 5 heteroatoms. The van der Waals surface area contributed by atoms with Crippen molar-refractivity contribution in [3.8, 4) is 0 Å². The van der Waals surface area contributed by atoms with Crippen LogP contribution in [0.4, 0.5) is 21.9 Å². The summed E-state index contributed by atoms with van der Waals surface area (Å²) < 4.78 is 0. The van der Waals surface area contributed by atoms with Gasteiger partial charge < -0.3 is 0 Å². The molecule has 2 aliphatic heterocycles. The third-order valence-corrected chi connectivity index (χ3v) is 6.86. The largest absolute Gasteiger partial charge is 0.330 e. The molecule has 0 radical (unpaired) electrons. The van der Waals surface area contributed by atoms with Crippen molar-refractivity contribution in [3.63, 3.8) is 0 Å². The Morgan fingerprint density at radius 1 is 0.771 bits per heavy atom. The highest BCUT2D eigenvalue weighted by Gasteiger charge is 2.65. The number of amides is 3. The van der Waals surface area contributed by atoms with Gasteiger partial charge in [-0.25, -0.2) is 4.79 Å². The van der Waals surface area contributed by atoms with Crippen LogP contribution >= 0.6 is 0 Å². The number of allylic oxidation sites excluding steroid dienone is 1. The Kier molecular flexibility index (Phi) is 6.16. The van der Waals surface area contributed by atoms with Gasteiger partial charge in [0.15, 0.2) is 5.54 Å². The molecule has 1 atom stereocenters. The van der Waals surface area contributed by atoms with Crippen molar-refractivity contribution in [3.05, 3.63) is 102 Å². The van der Waals surface area contributed by atoms with Gasteiger partial charge in [0.2, 0.25) is 0 Å². The summed E-state index contributed by atoms with van der Waals surface area (Å²) in [6, 6.07) is 27.1. The summed E-state index contributed by atoms with van der Waals surface area (Å²) in [5.74, 6) is -0.122. The quantitative estimate of drug-likeness (QED) is 0.378. The maximum absolute atomic E-state index is 14.8. The molecule has 1 unspecified atom stereocenters. The number of para-hydroxylation sites is 3. The zero-order chi connectivity index (χ0) is 24.4. The van der Waals surface area contributed by atoms with Crippen LogP contribution in [0.3, 0.4) is 0 Å². The van der Waals surface area contributed by atoms with Crippen LogP contribution in [0.2, 0.25) is 0 Å². The van der Waals surface area contributed by atoms with Crippen molar-refractivity contribution < 1.29 is 9.59 Å². The number of benzene rings is 3. The number of carbonyl (C=O) groups is 2. The number of rotatable bonds is 7. The third kappa shape index (κ3) is 3.45. The molecule has 1 saturated heterocycles. The van der Waals surface area contributed by atoms with E-state index in [-0.39, 0.29) is 11.9 Å². The molecule has 0 saturated carbocycles. The van der Waals surface area contributed by atoms with Crippen molar-refractivity contribution in [1.29, 1.82) is 0 Å². The van der Waals surface area contributed by atoms with Crippen LogP contribution in [-0.4, -0.2) is 23.4 Å². The van der Waals surface area contributed by atoms with Gasteiger partial charge >= 0.3 is 6.03 Å². The lowest BCUT2D eigenvalue weighted by Gasteiger charge is -2.33. The van der Waals surface area contributed by atoms with E-state index in [0.717, 1.165) is 54.0 Å². The van der Waals surface area contributed by atoms with E-state index in [2.05, 4.69) is 19.9 Å². The minimum atomic E-state index is -1.26. The van der Waals surface area contributed by atoms with E-state index in [1.54, 1.807) is 9.80 Å². The fourth-order valence-corrected chi connectivity index (χ4v) is 5.29. The summed E-state index contributed by atoms with van der Waals surface area (Å²) in [7, 11) is 0. The van der Waals surface area contributed by atoms with Crippen LogP contribution in [0.15, 0.2) is 96.7 Å². The number of unbranched alkanes of at least 4 members (excludes halogenated alkanes) is 2. The molecular formula is C30H31N3O2. The van der Waals surface area contributed by atoms with E-state index in [9.17, 15) is 9.59 Å². The minimum absolute atomic E-state index is 0.122. The van der Waals surface area contributed by atoms with E-state index in [1.807, 2.05) is 89.8 Å². The van der Waals surface area contributed by atoms with Crippen molar-refractivity contribution >= 4 is 29.0 Å². The second kappa shape index (κ2) is 9.41. The van der Waals surface area contributed by atoms with Crippen LogP contribution in [0.1, 0.15) is 45.1 Å². The second-order valence-corrected chi connectivity index (χ2v) is 9.04. The molecule has 2 heterocycles. The van der Waals surface area contributed by atoms with Gasteiger partial charge in [0, 0.05) is 23.5 Å². The molecule has 3 aromatic carbocycles. The smallest absolute Gasteiger partial charge is 0.295 e. The Labute approximate surface area is 207 Å². The summed E-state index contributed by atoms with van der Waals surface area (Å²) in [6.07, 6.45) is 5.66. The molecule has 0 aromatic heterocycles. The first kappa shape index (κ1) is 22.9. The van der Waals surface area contributed by atoms with Gasteiger partial charge in [0.1, 0.15) is 0 Å². The van der Waals surface area contributed by atoms with E-state index in [1.165, 1.54) is 0 Å². The lowest BCUT2D eigenvalue weighted by atomic mass is 9.85. The number of hydrogen-bond donors (Lipinski definition) is 0. The Morgan fingerprint density at radius 2 is 1.40 bits per heavy atom. The van der Waals surface area contributed by atoms with Gasteiger partial charge in [-0.15, -0.1) is 0 Å². The summed E-state index contributed by atoms with van der Waals surface area (Å²) in [5, 5.41) is 0. The number of anilines is 3. The Hall–Kier alpha value is -3.86. The molecule has 1 fully saturated rings. The molecule has 3 amide bonds. The zero-order valence-electron chi connectivity index (χ0n) is 20.4. The number of nitrogens with zero attached hydrogens (tertiary/aromatic N) is 3. The molecule has 178 valence electrons. The normalized spacial score (nSPS) is 20.4. The Bertz CT molecular complexity index is 1250. The summed E-state index contributed by atoms with van der Waals surface area (Å²) in [4.78, 5) is 34.3. The van der Waals surface area contributed by atoms with Crippen molar-refractivity contribution in [1.82, 2.24) is 4.90 Å². The average Bonchev–Trinajstić information content (AvgIpc) is 3.30. The molecule has 3 aromatic rings. The standard InChI is InChI=1S/C30H31N3O2/c1-3-5-21-27-30(33(24-17-11-8-12-18-24)29(35)31(27)22-6-4-2)25-19-13-14-20-26(25)32(28(30)34)23-15-9-7-10-16-23/h7-21H,3-6,22H2,1-2H3/b27-21-. The molecule has 0 N–H and O–H groups in total. The summed E-state index contributed by atoms with van der Waals surface area (Å²) in [5.41, 5.74) is 2.69. The highest BCUT2D eigenvalue weighted by Crippen LogP contribution is 2.56. The second-order valence-electron chi connectivity index (χ2n) is 9.04. The SMILES string of the molecule is CCC/C=C1\N(CCCC)C(=O)N(c2ccccc2)C12C(=O)N(c1ccccc1)c1ccccc12. The maximum Gasteiger partial charge on any atom is 0.330 e. The first-order valence-corrected chi connectivity index (χ1v) is 12.5. The van der Waals surface area contributed by atoms with Crippen LogP contribution in [0.5, 0.6) is 0 Å². The monoisotopic (exact) mass is 465 g/mol. The molecule has 1 spiro atoms. The molecule has 5 rings (SSSR count). The van der Waals surface area contributed by atoms with Gasteiger partial charge in [-0.05, 0) is 43.2 Å². The van der Waals surface area contributed by atoms with Crippen molar-refractivity contribution in [2.75, 3.05) is 16.3 Å². The molecular weight excluding hydrogens is 434 g/mol. The first-order chi connectivity index (χ1) is 17.2. The molecule has 2 aliphatic rings. The Morgan fingerprint density at radius 3 is 2.06 bits per heavy atom. The third-order valence-electron chi connectivity index (χ3n) is 6.86. The fourth-order valence-electron chi connectivity index (χ4n) is 5.29.